The fourth-order valence-corrected chi connectivity index (χ4v) is 3.09. The van der Waals surface area contributed by atoms with E-state index >= 15 is 0 Å². The second kappa shape index (κ2) is 6.75. The monoisotopic (exact) mass is 327 g/mol. The number of aromatic nitrogens is 1. The van der Waals surface area contributed by atoms with Crippen LogP contribution in [0.25, 0.3) is 6.08 Å². The van der Waals surface area contributed by atoms with E-state index in [1.54, 1.807) is 17.2 Å². The number of carbonyl (C=O) groups is 2. The Kier molecular flexibility index (Phi) is 4.52. The maximum Gasteiger partial charge on any atom is 0.250 e. The van der Waals surface area contributed by atoms with E-state index in [-0.39, 0.29) is 11.8 Å². The van der Waals surface area contributed by atoms with Crippen molar-refractivity contribution in [3.63, 3.8) is 0 Å². The Morgan fingerprint density at radius 3 is 2.74 bits per heavy atom. The minimum Gasteiger partial charge on any atom is -0.312 e. The van der Waals surface area contributed by atoms with Crippen molar-refractivity contribution in [2.24, 2.45) is 0 Å². The van der Waals surface area contributed by atoms with Crippen LogP contribution in [0.2, 0.25) is 0 Å². The van der Waals surface area contributed by atoms with Gasteiger partial charge in [-0.2, -0.15) is 0 Å². The van der Waals surface area contributed by atoms with Gasteiger partial charge in [0.15, 0.2) is 5.13 Å². The number of aryl methyl sites for hydroxylation is 1. The number of benzene rings is 1. The highest BCUT2D eigenvalue weighted by atomic mass is 32.1. The second-order valence-electron chi connectivity index (χ2n) is 5.34. The van der Waals surface area contributed by atoms with Crippen LogP contribution in [0.3, 0.4) is 0 Å². The smallest absolute Gasteiger partial charge is 0.250 e. The fraction of sp³-hybridized carbons (Fsp3) is 0.235. The zero-order valence-electron chi connectivity index (χ0n) is 12.8. The topological polar surface area (TPSA) is 62.3 Å². The van der Waals surface area contributed by atoms with E-state index < -0.39 is 0 Å². The van der Waals surface area contributed by atoms with Crippen LogP contribution in [0.15, 0.2) is 36.5 Å². The fourth-order valence-electron chi connectivity index (χ4n) is 2.42. The molecule has 2 aromatic rings. The molecule has 2 heterocycles. The van der Waals surface area contributed by atoms with Gasteiger partial charge >= 0.3 is 0 Å². The summed E-state index contributed by atoms with van der Waals surface area (Å²) in [5.74, 6) is -0.0374. The molecule has 1 aromatic carbocycles. The van der Waals surface area contributed by atoms with Crippen LogP contribution in [0.1, 0.15) is 23.3 Å². The number of amides is 2. The van der Waals surface area contributed by atoms with Gasteiger partial charge in [-0.15, -0.1) is 11.3 Å². The summed E-state index contributed by atoms with van der Waals surface area (Å²) in [6.45, 7) is 2.72. The van der Waals surface area contributed by atoms with Crippen molar-refractivity contribution in [1.82, 2.24) is 4.98 Å². The van der Waals surface area contributed by atoms with Gasteiger partial charge in [0, 0.05) is 35.8 Å². The Labute approximate surface area is 138 Å². The normalized spacial score (nSPS) is 14.7. The number of thiazole rings is 1. The van der Waals surface area contributed by atoms with Gasteiger partial charge in [0.25, 0.3) is 0 Å². The average molecular weight is 327 g/mol. The molecule has 2 amide bonds. The van der Waals surface area contributed by atoms with E-state index in [0.29, 0.717) is 11.6 Å². The number of nitrogens with one attached hydrogen (secondary N) is 1. The summed E-state index contributed by atoms with van der Waals surface area (Å²) in [4.78, 5) is 30.5. The van der Waals surface area contributed by atoms with Gasteiger partial charge in [0.05, 0.1) is 0 Å². The largest absolute Gasteiger partial charge is 0.312 e. The molecule has 118 valence electrons. The predicted octanol–water partition coefficient (Wildman–Crippen LogP) is 3.23. The Morgan fingerprint density at radius 1 is 1.35 bits per heavy atom. The van der Waals surface area contributed by atoms with Crippen molar-refractivity contribution in [3.8, 4) is 0 Å². The molecule has 1 fully saturated rings. The molecule has 23 heavy (non-hydrogen) atoms. The van der Waals surface area contributed by atoms with E-state index in [9.17, 15) is 9.59 Å². The van der Waals surface area contributed by atoms with Crippen molar-refractivity contribution >= 4 is 40.0 Å². The first-order valence-electron chi connectivity index (χ1n) is 7.44. The zero-order valence-corrected chi connectivity index (χ0v) is 13.6. The van der Waals surface area contributed by atoms with Crippen molar-refractivity contribution in [2.75, 3.05) is 16.8 Å². The Morgan fingerprint density at radius 2 is 2.13 bits per heavy atom. The van der Waals surface area contributed by atoms with Crippen LogP contribution in [-0.2, 0) is 9.59 Å². The number of hydrogen-bond donors (Lipinski definition) is 1. The van der Waals surface area contributed by atoms with Gasteiger partial charge in [-0.05, 0) is 37.1 Å². The molecule has 1 aromatic heterocycles. The Balaban J connectivity index is 1.61. The molecule has 1 N–H and O–H groups in total. The lowest BCUT2D eigenvalue weighted by Gasteiger charge is -2.15. The molecule has 0 unspecified atom stereocenters. The number of rotatable bonds is 4. The van der Waals surface area contributed by atoms with Gasteiger partial charge in [0.1, 0.15) is 0 Å². The lowest BCUT2D eigenvalue weighted by molar-refractivity contribution is -0.117. The molecule has 0 bridgehead atoms. The van der Waals surface area contributed by atoms with Gasteiger partial charge in [0.2, 0.25) is 11.8 Å². The first-order chi connectivity index (χ1) is 11.1. The molecule has 0 atom stereocenters. The minimum atomic E-state index is -0.210. The molecule has 0 saturated carbocycles. The van der Waals surface area contributed by atoms with Gasteiger partial charge < -0.3 is 4.90 Å². The van der Waals surface area contributed by atoms with Crippen molar-refractivity contribution in [1.29, 1.82) is 0 Å². The van der Waals surface area contributed by atoms with Crippen molar-refractivity contribution in [2.45, 2.75) is 19.8 Å². The molecular formula is C17H17N3O2S. The second-order valence-corrected chi connectivity index (χ2v) is 6.57. The highest BCUT2D eigenvalue weighted by Crippen LogP contribution is 2.22. The van der Waals surface area contributed by atoms with Crippen LogP contribution >= 0.6 is 11.3 Å². The van der Waals surface area contributed by atoms with Crippen LogP contribution in [0.5, 0.6) is 0 Å². The third-order valence-corrected chi connectivity index (χ3v) is 4.38. The Hall–Kier alpha value is -2.47. The van der Waals surface area contributed by atoms with Crippen LogP contribution in [0, 0.1) is 6.92 Å². The Bertz CT molecular complexity index is 749. The summed E-state index contributed by atoms with van der Waals surface area (Å²) in [7, 11) is 0. The molecule has 1 saturated heterocycles. The molecule has 0 aliphatic carbocycles. The summed E-state index contributed by atoms with van der Waals surface area (Å²) < 4.78 is 0. The summed E-state index contributed by atoms with van der Waals surface area (Å²) >= 11 is 1.44. The van der Waals surface area contributed by atoms with Crippen LogP contribution in [0.4, 0.5) is 10.8 Å². The number of hydrogen-bond acceptors (Lipinski definition) is 4. The number of anilines is 2. The van der Waals surface area contributed by atoms with E-state index in [4.69, 9.17) is 0 Å². The van der Waals surface area contributed by atoms with Gasteiger partial charge in [-0.1, -0.05) is 12.1 Å². The SMILES string of the molecule is Cc1cnc(NC(=O)C=Cc2ccc(N3CCCC3=O)cc2)s1. The molecular weight excluding hydrogens is 310 g/mol. The first kappa shape index (κ1) is 15.4. The maximum absolute atomic E-state index is 11.8. The quantitative estimate of drug-likeness (QED) is 0.877. The van der Waals surface area contributed by atoms with E-state index in [1.165, 1.54) is 17.4 Å². The minimum absolute atomic E-state index is 0.173. The van der Waals surface area contributed by atoms with E-state index in [0.717, 1.165) is 29.1 Å². The van der Waals surface area contributed by atoms with Gasteiger partial charge in [-0.25, -0.2) is 4.98 Å². The molecule has 1 aliphatic rings. The molecule has 5 nitrogen and oxygen atoms in total. The summed E-state index contributed by atoms with van der Waals surface area (Å²) in [6, 6.07) is 7.62. The highest BCUT2D eigenvalue weighted by Gasteiger charge is 2.21. The summed E-state index contributed by atoms with van der Waals surface area (Å²) in [5, 5.41) is 3.32. The lowest BCUT2D eigenvalue weighted by Crippen LogP contribution is -2.23. The molecule has 6 heteroatoms. The molecule has 0 spiro atoms. The van der Waals surface area contributed by atoms with Gasteiger partial charge in [-0.3, -0.25) is 14.9 Å². The molecule has 0 radical (unpaired) electrons. The van der Waals surface area contributed by atoms with Crippen molar-refractivity contribution < 1.29 is 9.59 Å². The van der Waals surface area contributed by atoms with Crippen LogP contribution < -0.4 is 10.2 Å². The summed E-state index contributed by atoms with van der Waals surface area (Å²) in [5.41, 5.74) is 1.82. The first-order valence-corrected chi connectivity index (χ1v) is 8.25. The maximum atomic E-state index is 11.8. The standard InChI is InChI=1S/C17H17N3O2S/c1-12-11-18-17(23-12)19-15(21)9-6-13-4-7-14(8-5-13)20-10-2-3-16(20)22/h4-9,11H,2-3,10H2,1H3,(H,18,19,21). The number of carbonyl (C=O) groups excluding carboxylic acids is 2. The third kappa shape index (κ3) is 3.84. The molecule has 3 rings (SSSR count). The third-order valence-electron chi connectivity index (χ3n) is 3.56. The number of nitrogens with zero attached hydrogens (tertiary/aromatic N) is 2. The summed E-state index contributed by atoms with van der Waals surface area (Å²) in [6.07, 6.45) is 6.48. The predicted molar refractivity (Wildman–Crippen MR) is 92.5 cm³/mol. The highest BCUT2D eigenvalue weighted by molar-refractivity contribution is 7.15. The van der Waals surface area contributed by atoms with Crippen molar-refractivity contribution in [3.05, 3.63) is 47.0 Å². The van der Waals surface area contributed by atoms with E-state index in [1.807, 2.05) is 31.2 Å². The van der Waals surface area contributed by atoms with Crippen LogP contribution in [-0.4, -0.2) is 23.3 Å². The van der Waals surface area contributed by atoms with E-state index in [2.05, 4.69) is 10.3 Å². The zero-order chi connectivity index (χ0) is 16.2. The molecule has 1 aliphatic heterocycles. The lowest BCUT2D eigenvalue weighted by atomic mass is 10.2. The average Bonchev–Trinajstić information content (AvgIpc) is 3.14.